The van der Waals surface area contributed by atoms with Crippen LogP contribution in [0.4, 0.5) is 5.69 Å². The van der Waals surface area contributed by atoms with Gasteiger partial charge in [-0.1, -0.05) is 41.6 Å². The van der Waals surface area contributed by atoms with E-state index in [1.54, 1.807) is 16.4 Å². The van der Waals surface area contributed by atoms with Gasteiger partial charge in [0, 0.05) is 32.1 Å². The molecule has 2 aromatic carbocycles. The van der Waals surface area contributed by atoms with Gasteiger partial charge in [-0.3, -0.25) is 5.32 Å². The average molecular weight is 411 g/mol. The van der Waals surface area contributed by atoms with Gasteiger partial charge < -0.3 is 9.64 Å². The van der Waals surface area contributed by atoms with E-state index in [1.807, 2.05) is 14.1 Å². The Bertz CT molecular complexity index is 972. The van der Waals surface area contributed by atoms with E-state index in [-0.39, 0.29) is 12.3 Å². The summed E-state index contributed by atoms with van der Waals surface area (Å²) in [6.45, 7) is 4.97. The SMILES string of the molecule is Cc1ccc(-n2nnnc2SC[C@H]2CN[C@H](c3ccc(N(C)C)cc3)O2)c(C)c1. The molecular weight excluding hydrogens is 384 g/mol. The number of ether oxygens (including phenoxy) is 1. The molecule has 1 saturated heterocycles. The second-order valence-electron chi connectivity index (χ2n) is 7.51. The van der Waals surface area contributed by atoms with Crippen LogP contribution < -0.4 is 10.2 Å². The van der Waals surface area contributed by atoms with Gasteiger partial charge in [0.05, 0.1) is 11.8 Å². The Balaban J connectivity index is 1.38. The van der Waals surface area contributed by atoms with Gasteiger partial charge in [-0.05, 0) is 53.6 Å². The van der Waals surface area contributed by atoms with Crippen molar-refractivity contribution >= 4 is 17.4 Å². The lowest BCUT2D eigenvalue weighted by Gasteiger charge is -2.16. The summed E-state index contributed by atoms with van der Waals surface area (Å²) in [4.78, 5) is 2.09. The number of rotatable bonds is 6. The topological polar surface area (TPSA) is 68.1 Å². The third-order valence-corrected chi connectivity index (χ3v) is 6.04. The Labute approximate surface area is 175 Å². The summed E-state index contributed by atoms with van der Waals surface area (Å²) in [6, 6.07) is 14.7. The fourth-order valence-electron chi connectivity index (χ4n) is 3.40. The molecule has 0 saturated carbocycles. The molecule has 1 aromatic heterocycles. The van der Waals surface area contributed by atoms with Crippen molar-refractivity contribution in [2.75, 3.05) is 31.3 Å². The quantitative estimate of drug-likeness (QED) is 0.626. The monoisotopic (exact) mass is 410 g/mol. The number of nitrogens with one attached hydrogen (secondary N) is 1. The van der Waals surface area contributed by atoms with Crippen molar-refractivity contribution in [2.24, 2.45) is 0 Å². The number of thioether (sulfide) groups is 1. The molecule has 2 atom stereocenters. The van der Waals surface area contributed by atoms with Crippen LogP contribution in [-0.4, -0.2) is 52.7 Å². The molecule has 3 aromatic rings. The number of hydrogen-bond donors (Lipinski definition) is 1. The van der Waals surface area contributed by atoms with Crippen LogP contribution in [0.3, 0.4) is 0 Å². The Kier molecular flexibility index (Phi) is 5.84. The molecule has 29 heavy (non-hydrogen) atoms. The van der Waals surface area contributed by atoms with Crippen molar-refractivity contribution in [1.82, 2.24) is 25.5 Å². The fourth-order valence-corrected chi connectivity index (χ4v) is 4.28. The largest absolute Gasteiger partial charge is 0.378 e. The Morgan fingerprint density at radius 2 is 1.97 bits per heavy atom. The first-order valence-corrected chi connectivity index (χ1v) is 10.6. The highest BCUT2D eigenvalue weighted by molar-refractivity contribution is 7.99. The number of aromatic nitrogens is 4. The Morgan fingerprint density at radius 3 is 2.69 bits per heavy atom. The molecule has 8 heteroatoms. The Hall–Kier alpha value is -2.42. The summed E-state index contributed by atoms with van der Waals surface area (Å²) in [6.07, 6.45) is 0.0231. The molecule has 1 N–H and O–H groups in total. The molecule has 152 valence electrons. The predicted molar refractivity (Wildman–Crippen MR) is 116 cm³/mol. The molecule has 1 fully saturated rings. The lowest BCUT2D eigenvalue weighted by Crippen LogP contribution is -2.17. The van der Waals surface area contributed by atoms with Crippen LogP contribution in [-0.2, 0) is 4.74 Å². The highest BCUT2D eigenvalue weighted by atomic mass is 32.2. The molecule has 0 aliphatic carbocycles. The highest BCUT2D eigenvalue weighted by Gasteiger charge is 2.26. The average Bonchev–Trinajstić information content (AvgIpc) is 3.36. The minimum atomic E-state index is -0.0767. The first-order valence-electron chi connectivity index (χ1n) is 9.66. The van der Waals surface area contributed by atoms with Crippen molar-refractivity contribution in [3.8, 4) is 5.69 Å². The van der Waals surface area contributed by atoms with Crippen LogP contribution in [0.1, 0.15) is 22.9 Å². The molecule has 0 bridgehead atoms. The number of anilines is 1. The van der Waals surface area contributed by atoms with Gasteiger partial charge in [-0.25, -0.2) is 0 Å². The number of tetrazole rings is 1. The highest BCUT2D eigenvalue weighted by Crippen LogP contribution is 2.27. The number of benzene rings is 2. The van der Waals surface area contributed by atoms with E-state index in [2.05, 4.69) is 82.1 Å². The van der Waals surface area contributed by atoms with Gasteiger partial charge in [-0.2, -0.15) is 4.68 Å². The van der Waals surface area contributed by atoms with Gasteiger partial charge in [0.15, 0.2) is 0 Å². The molecular formula is C21H26N6OS. The number of nitrogens with zero attached hydrogens (tertiary/aromatic N) is 5. The normalized spacial score (nSPS) is 18.9. The molecule has 7 nitrogen and oxygen atoms in total. The van der Waals surface area contributed by atoms with E-state index in [0.717, 1.165) is 34.3 Å². The van der Waals surface area contributed by atoms with Crippen molar-refractivity contribution in [3.63, 3.8) is 0 Å². The van der Waals surface area contributed by atoms with Crippen molar-refractivity contribution in [2.45, 2.75) is 31.3 Å². The lowest BCUT2D eigenvalue weighted by molar-refractivity contribution is 0.0534. The molecule has 1 aliphatic heterocycles. The van der Waals surface area contributed by atoms with E-state index in [0.29, 0.717) is 0 Å². The fraction of sp³-hybridized carbons (Fsp3) is 0.381. The zero-order valence-corrected chi connectivity index (χ0v) is 18.0. The summed E-state index contributed by atoms with van der Waals surface area (Å²) in [5.41, 5.74) is 5.70. The molecule has 0 spiro atoms. The summed E-state index contributed by atoms with van der Waals surface area (Å²) in [5, 5.41) is 16.5. The summed E-state index contributed by atoms with van der Waals surface area (Å²) in [5.74, 6) is 0.782. The maximum Gasteiger partial charge on any atom is 0.214 e. The first-order chi connectivity index (χ1) is 14.0. The number of hydrogen-bond acceptors (Lipinski definition) is 7. The minimum absolute atomic E-state index is 0.0767. The van der Waals surface area contributed by atoms with Crippen LogP contribution >= 0.6 is 11.8 Å². The van der Waals surface area contributed by atoms with Crippen molar-refractivity contribution in [1.29, 1.82) is 0 Å². The second-order valence-corrected chi connectivity index (χ2v) is 8.49. The van der Waals surface area contributed by atoms with Gasteiger partial charge in [0.1, 0.15) is 6.23 Å². The van der Waals surface area contributed by atoms with E-state index in [4.69, 9.17) is 4.74 Å². The van der Waals surface area contributed by atoms with Crippen LogP contribution in [0, 0.1) is 13.8 Å². The Morgan fingerprint density at radius 1 is 1.17 bits per heavy atom. The van der Waals surface area contributed by atoms with Crippen LogP contribution in [0.2, 0.25) is 0 Å². The maximum atomic E-state index is 6.21. The molecule has 1 aliphatic rings. The molecule has 2 heterocycles. The third kappa shape index (κ3) is 4.44. The second kappa shape index (κ2) is 8.52. The van der Waals surface area contributed by atoms with E-state index >= 15 is 0 Å². The van der Waals surface area contributed by atoms with Crippen molar-refractivity contribution in [3.05, 3.63) is 59.2 Å². The van der Waals surface area contributed by atoms with E-state index in [9.17, 15) is 0 Å². The number of aryl methyl sites for hydroxylation is 2. The lowest BCUT2D eigenvalue weighted by atomic mass is 10.1. The maximum absolute atomic E-state index is 6.21. The van der Waals surface area contributed by atoms with Crippen LogP contribution in [0.25, 0.3) is 5.69 Å². The summed E-state index contributed by atoms with van der Waals surface area (Å²) >= 11 is 1.62. The van der Waals surface area contributed by atoms with Crippen molar-refractivity contribution < 1.29 is 4.74 Å². The minimum Gasteiger partial charge on any atom is -0.378 e. The van der Waals surface area contributed by atoms with Gasteiger partial charge >= 0.3 is 0 Å². The van der Waals surface area contributed by atoms with Crippen LogP contribution in [0.15, 0.2) is 47.6 Å². The van der Waals surface area contributed by atoms with Crippen LogP contribution in [0.5, 0.6) is 0 Å². The van der Waals surface area contributed by atoms with Gasteiger partial charge in [0.2, 0.25) is 5.16 Å². The van der Waals surface area contributed by atoms with Gasteiger partial charge in [0.25, 0.3) is 0 Å². The zero-order chi connectivity index (χ0) is 20.4. The van der Waals surface area contributed by atoms with E-state index < -0.39 is 0 Å². The first kappa shape index (κ1) is 19.9. The predicted octanol–water partition coefficient (Wildman–Crippen LogP) is 3.12. The molecule has 4 rings (SSSR count). The standard InChI is InChI=1S/C21H26N6OS/c1-14-5-10-19(15(2)11-14)27-21(23-24-25-27)29-13-18-12-22-20(28-18)16-6-8-17(9-7-16)26(3)4/h5-11,18,20,22H,12-13H2,1-4H3/t18-,20+/m1/s1. The van der Waals surface area contributed by atoms with E-state index in [1.165, 1.54) is 11.3 Å². The summed E-state index contributed by atoms with van der Waals surface area (Å²) in [7, 11) is 4.08. The summed E-state index contributed by atoms with van der Waals surface area (Å²) < 4.78 is 8.01. The third-order valence-electron chi connectivity index (χ3n) is 4.99. The molecule has 0 amide bonds. The zero-order valence-electron chi connectivity index (χ0n) is 17.2. The molecule has 0 unspecified atom stereocenters. The molecule has 0 radical (unpaired) electrons. The smallest absolute Gasteiger partial charge is 0.214 e. The van der Waals surface area contributed by atoms with Gasteiger partial charge in [-0.15, -0.1) is 5.10 Å².